The highest BCUT2D eigenvalue weighted by molar-refractivity contribution is 8.00. The molecule has 4 nitrogen and oxygen atoms in total. The van der Waals surface area contributed by atoms with Gasteiger partial charge in [-0.2, -0.15) is 0 Å². The first-order valence-electron chi connectivity index (χ1n) is 7.37. The number of thiophene rings is 1. The van der Waals surface area contributed by atoms with Crippen LogP contribution in [0.15, 0.2) is 29.2 Å². The van der Waals surface area contributed by atoms with E-state index in [-0.39, 0.29) is 11.7 Å². The van der Waals surface area contributed by atoms with Crippen LogP contribution in [0.3, 0.4) is 0 Å². The van der Waals surface area contributed by atoms with Gasteiger partial charge in [-0.05, 0) is 50.6 Å². The van der Waals surface area contributed by atoms with Crippen molar-refractivity contribution in [2.24, 2.45) is 0 Å². The summed E-state index contributed by atoms with van der Waals surface area (Å²) in [7, 11) is 0. The molecule has 24 heavy (non-hydrogen) atoms. The third-order valence-corrected chi connectivity index (χ3v) is 5.69. The van der Waals surface area contributed by atoms with Crippen molar-refractivity contribution in [2.45, 2.75) is 25.7 Å². The second-order valence-electron chi connectivity index (χ2n) is 5.00. The predicted octanol–water partition coefficient (Wildman–Crippen LogP) is 4.93. The van der Waals surface area contributed by atoms with Gasteiger partial charge >= 0.3 is 5.97 Å². The molecule has 0 saturated heterocycles. The second kappa shape index (κ2) is 8.55. The summed E-state index contributed by atoms with van der Waals surface area (Å²) in [6.07, 6.45) is 0. The molecule has 0 saturated carbocycles. The number of halogens is 1. The lowest BCUT2D eigenvalue weighted by atomic mass is 10.1. The number of hydrogen-bond donors (Lipinski definition) is 1. The maximum absolute atomic E-state index is 12.2. The quantitative estimate of drug-likeness (QED) is 0.567. The normalized spacial score (nSPS) is 10.5. The second-order valence-corrected chi connectivity index (χ2v) is 7.71. The van der Waals surface area contributed by atoms with Crippen molar-refractivity contribution in [3.63, 3.8) is 0 Å². The fourth-order valence-corrected chi connectivity index (χ4v) is 3.90. The van der Waals surface area contributed by atoms with Gasteiger partial charge in [-0.1, -0.05) is 11.6 Å². The number of amides is 1. The molecule has 0 atom stereocenters. The third-order valence-electron chi connectivity index (χ3n) is 3.30. The van der Waals surface area contributed by atoms with Crippen molar-refractivity contribution >= 4 is 51.6 Å². The van der Waals surface area contributed by atoms with E-state index in [1.807, 2.05) is 26.0 Å². The first-order chi connectivity index (χ1) is 11.4. The molecule has 2 aromatic rings. The predicted molar refractivity (Wildman–Crippen MR) is 101 cm³/mol. The van der Waals surface area contributed by atoms with Gasteiger partial charge in [0.15, 0.2) is 0 Å². The number of ether oxygens (including phenoxy) is 1. The summed E-state index contributed by atoms with van der Waals surface area (Å²) in [5.41, 5.74) is 1.29. The van der Waals surface area contributed by atoms with Gasteiger partial charge in [-0.3, -0.25) is 4.79 Å². The Kier molecular flexibility index (Phi) is 6.71. The standard InChI is InChI=1S/C17H18ClNO3S2/c1-4-22-17(21)15-10(2)11(3)24-16(15)19-14(20)9-23-13-7-5-12(18)6-8-13/h5-8H,4,9H2,1-3H3,(H,19,20). The van der Waals surface area contributed by atoms with Gasteiger partial charge in [0.25, 0.3) is 0 Å². The van der Waals surface area contributed by atoms with Crippen molar-refractivity contribution < 1.29 is 14.3 Å². The summed E-state index contributed by atoms with van der Waals surface area (Å²) in [5, 5.41) is 4.03. The van der Waals surface area contributed by atoms with Crippen LogP contribution in [-0.4, -0.2) is 24.2 Å². The van der Waals surface area contributed by atoms with Crippen LogP contribution in [0.5, 0.6) is 0 Å². The van der Waals surface area contributed by atoms with Gasteiger partial charge in [0.1, 0.15) is 5.00 Å². The fourth-order valence-electron chi connectivity index (χ4n) is 2.01. The van der Waals surface area contributed by atoms with E-state index in [0.29, 0.717) is 22.2 Å². The molecular weight excluding hydrogens is 366 g/mol. The van der Waals surface area contributed by atoms with Crippen LogP contribution in [0, 0.1) is 13.8 Å². The Balaban J connectivity index is 2.04. The lowest BCUT2D eigenvalue weighted by Gasteiger charge is -2.07. The van der Waals surface area contributed by atoms with Crippen LogP contribution in [0.2, 0.25) is 5.02 Å². The van der Waals surface area contributed by atoms with Crippen molar-refractivity contribution in [3.8, 4) is 0 Å². The monoisotopic (exact) mass is 383 g/mol. The van der Waals surface area contributed by atoms with Gasteiger partial charge in [0.2, 0.25) is 5.91 Å². The molecule has 0 spiro atoms. The molecule has 7 heteroatoms. The highest BCUT2D eigenvalue weighted by Crippen LogP contribution is 2.33. The number of benzene rings is 1. The number of thioether (sulfide) groups is 1. The fraction of sp³-hybridized carbons (Fsp3) is 0.294. The SMILES string of the molecule is CCOC(=O)c1c(NC(=O)CSc2ccc(Cl)cc2)sc(C)c1C. The van der Waals surface area contributed by atoms with Crippen molar-refractivity contribution in [3.05, 3.63) is 45.3 Å². The minimum absolute atomic E-state index is 0.165. The number of carbonyl (C=O) groups excluding carboxylic acids is 2. The third kappa shape index (κ3) is 4.75. The van der Waals surface area contributed by atoms with Gasteiger partial charge < -0.3 is 10.1 Å². The molecule has 0 unspecified atom stereocenters. The van der Waals surface area contributed by atoms with E-state index in [4.69, 9.17) is 16.3 Å². The Labute approximate surface area is 154 Å². The smallest absolute Gasteiger partial charge is 0.341 e. The van der Waals surface area contributed by atoms with E-state index in [1.165, 1.54) is 23.1 Å². The first-order valence-corrected chi connectivity index (χ1v) is 9.55. The molecule has 0 aliphatic rings. The van der Waals surface area contributed by atoms with E-state index in [1.54, 1.807) is 19.1 Å². The average molecular weight is 384 g/mol. The molecule has 0 aliphatic heterocycles. The Morgan fingerprint density at radius 3 is 2.54 bits per heavy atom. The molecule has 1 aromatic carbocycles. The number of carbonyl (C=O) groups is 2. The number of nitrogens with one attached hydrogen (secondary N) is 1. The Bertz CT molecular complexity index is 741. The molecule has 0 radical (unpaired) electrons. The lowest BCUT2D eigenvalue weighted by molar-refractivity contribution is -0.113. The summed E-state index contributed by atoms with van der Waals surface area (Å²) in [5.74, 6) is -0.318. The number of aryl methyl sites for hydroxylation is 1. The zero-order valence-corrected chi connectivity index (χ0v) is 16.0. The number of rotatable bonds is 6. The summed E-state index contributed by atoms with van der Waals surface area (Å²) < 4.78 is 5.08. The number of hydrogen-bond acceptors (Lipinski definition) is 5. The van der Waals surface area contributed by atoms with Crippen molar-refractivity contribution in [1.82, 2.24) is 0 Å². The van der Waals surface area contributed by atoms with E-state index < -0.39 is 5.97 Å². The van der Waals surface area contributed by atoms with Crippen molar-refractivity contribution in [1.29, 1.82) is 0 Å². The highest BCUT2D eigenvalue weighted by Gasteiger charge is 2.22. The first kappa shape index (κ1) is 18.8. The molecule has 0 fully saturated rings. The van der Waals surface area contributed by atoms with Gasteiger partial charge in [0.05, 0.1) is 17.9 Å². The van der Waals surface area contributed by atoms with E-state index in [9.17, 15) is 9.59 Å². The number of esters is 1. The maximum atomic E-state index is 12.2. The van der Waals surface area contributed by atoms with Crippen LogP contribution in [-0.2, 0) is 9.53 Å². The molecule has 1 N–H and O–H groups in total. The summed E-state index contributed by atoms with van der Waals surface area (Å²) >= 11 is 8.64. The van der Waals surface area contributed by atoms with Crippen LogP contribution >= 0.6 is 34.7 Å². The minimum Gasteiger partial charge on any atom is -0.462 e. The van der Waals surface area contributed by atoms with Gasteiger partial charge in [-0.15, -0.1) is 23.1 Å². The summed E-state index contributed by atoms with van der Waals surface area (Å²) in [4.78, 5) is 26.3. The largest absolute Gasteiger partial charge is 0.462 e. The van der Waals surface area contributed by atoms with E-state index in [2.05, 4.69) is 5.32 Å². The zero-order valence-electron chi connectivity index (χ0n) is 13.6. The molecular formula is C17H18ClNO3S2. The summed E-state index contributed by atoms with van der Waals surface area (Å²) in [6, 6.07) is 7.30. The molecule has 0 bridgehead atoms. The van der Waals surface area contributed by atoms with E-state index in [0.717, 1.165) is 15.3 Å². The lowest BCUT2D eigenvalue weighted by Crippen LogP contribution is -2.16. The van der Waals surface area contributed by atoms with Crippen LogP contribution in [0.25, 0.3) is 0 Å². The average Bonchev–Trinajstić information content (AvgIpc) is 2.81. The van der Waals surface area contributed by atoms with Crippen LogP contribution in [0.4, 0.5) is 5.00 Å². The van der Waals surface area contributed by atoms with Crippen molar-refractivity contribution in [2.75, 3.05) is 17.7 Å². The topological polar surface area (TPSA) is 55.4 Å². The molecule has 1 amide bonds. The zero-order chi connectivity index (χ0) is 17.7. The minimum atomic E-state index is -0.403. The molecule has 128 valence electrons. The molecule has 1 heterocycles. The van der Waals surface area contributed by atoms with E-state index >= 15 is 0 Å². The Hall–Kier alpha value is -1.50. The van der Waals surface area contributed by atoms with Crippen LogP contribution < -0.4 is 5.32 Å². The molecule has 0 aliphatic carbocycles. The van der Waals surface area contributed by atoms with Gasteiger partial charge in [-0.25, -0.2) is 4.79 Å². The highest BCUT2D eigenvalue weighted by atomic mass is 35.5. The van der Waals surface area contributed by atoms with Crippen LogP contribution in [0.1, 0.15) is 27.7 Å². The molecule has 1 aromatic heterocycles. The molecule has 2 rings (SSSR count). The van der Waals surface area contributed by atoms with Gasteiger partial charge in [0, 0.05) is 14.8 Å². The summed E-state index contributed by atoms with van der Waals surface area (Å²) in [6.45, 7) is 5.83. The maximum Gasteiger partial charge on any atom is 0.341 e. The number of anilines is 1. The Morgan fingerprint density at radius 2 is 1.92 bits per heavy atom. The Morgan fingerprint density at radius 1 is 1.25 bits per heavy atom.